The molecule has 37 heavy (non-hydrogen) atoms. The summed E-state index contributed by atoms with van der Waals surface area (Å²) < 4.78 is 10.9. The standard InChI is InChI=1S/C27H34N6O4/c34-33(35)24-25(28-15-27-11-19-7-20(12-27)9-21(8-19)13-27)29-16-30-26(24)32-5-3-31(4-6-32)14-18-1-2-22-23(10-18)37-17-36-22/h1-2,10,16,19-21H,3-9,11-15,17H2,(H,28,29,30). The summed E-state index contributed by atoms with van der Waals surface area (Å²) in [5, 5.41) is 15.7. The molecule has 196 valence electrons. The van der Waals surface area contributed by atoms with Crippen LogP contribution in [0.3, 0.4) is 0 Å². The number of anilines is 2. The van der Waals surface area contributed by atoms with Crippen molar-refractivity contribution in [3.63, 3.8) is 0 Å². The van der Waals surface area contributed by atoms with Gasteiger partial charge in [0.2, 0.25) is 18.4 Å². The molecule has 5 fully saturated rings. The molecule has 1 aromatic carbocycles. The normalized spacial score (nSPS) is 30.1. The molecular formula is C27H34N6O4. The minimum atomic E-state index is -0.309. The van der Waals surface area contributed by atoms with Crippen molar-refractivity contribution >= 4 is 17.3 Å². The van der Waals surface area contributed by atoms with Crippen molar-refractivity contribution in [3.05, 3.63) is 40.2 Å². The van der Waals surface area contributed by atoms with Crippen LogP contribution in [0, 0.1) is 33.3 Å². The van der Waals surface area contributed by atoms with Crippen molar-refractivity contribution in [3.8, 4) is 11.5 Å². The molecule has 1 N–H and O–H groups in total. The number of ether oxygens (including phenoxy) is 2. The van der Waals surface area contributed by atoms with E-state index in [0.29, 0.717) is 24.7 Å². The summed E-state index contributed by atoms with van der Waals surface area (Å²) >= 11 is 0. The highest BCUT2D eigenvalue weighted by atomic mass is 16.7. The molecule has 2 aromatic rings. The number of hydrogen-bond acceptors (Lipinski definition) is 9. The molecule has 1 aromatic heterocycles. The van der Waals surface area contributed by atoms with Crippen LogP contribution >= 0.6 is 0 Å². The molecule has 3 heterocycles. The van der Waals surface area contributed by atoms with E-state index in [2.05, 4.69) is 26.3 Å². The summed E-state index contributed by atoms with van der Waals surface area (Å²) in [7, 11) is 0. The van der Waals surface area contributed by atoms with E-state index in [-0.39, 0.29) is 22.8 Å². The van der Waals surface area contributed by atoms with Gasteiger partial charge in [0.15, 0.2) is 11.5 Å². The first-order valence-electron chi connectivity index (χ1n) is 13.6. The lowest BCUT2D eigenvalue weighted by atomic mass is 9.49. The van der Waals surface area contributed by atoms with E-state index in [1.54, 1.807) is 0 Å². The third kappa shape index (κ3) is 4.35. The first-order chi connectivity index (χ1) is 18.0. The number of nitrogens with zero attached hydrogens (tertiary/aromatic N) is 5. The van der Waals surface area contributed by atoms with Crippen LogP contribution in [0.15, 0.2) is 24.5 Å². The number of rotatable bonds is 7. The van der Waals surface area contributed by atoms with Gasteiger partial charge in [0.25, 0.3) is 0 Å². The predicted molar refractivity (Wildman–Crippen MR) is 138 cm³/mol. The molecule has 10 nitrogen and oxygen atoms in total. The third-order valence-corrected chi connectivity index (χ3v) is 9.30. The van der Waals surface area contributed by atoms with Gasteiger partial charge in [-0.1, -0.05) is 6.07 Å². The number of aromatic nitrogens is 2. The third-order valence-electron chi connectivity index (χ3n) is 9.30. The summed E-state index contributed by atoms with van der Waals surface area (Å²) in [5.41, 5.74) is 1.45. The largest absolute Gasteiger partial charge is 0.454 e. The lowest BCUT2D eigenvalue weighted by Gasteiger charge is -2.56. The van der Waals surface area contributed by atoms with Gasteiger partial charge in [0.05, 0.1) is 4.92 Å². The summed E-state index contributed by atoms with van der Waals surface area (Å²) in [6, 6.07) is 6.05. The Kier molecular flexibility index (Phi) is 5.60. The lowest BCUT2D eigenvalue weighted by molar-refractivity contribution is -0.383. The number of fused-ring (bicyclic) bond motifs is 1. The Labute approximate surface area is 216 Å². The van der Waals surface area contributed by atoms with Gasteiger partial charge < -0.3 is 19.7 Å². The maximum Gasteiger partial charge on any atom is 0.353 e. The van der Waals surface area contributed by atoms with Crippen LogP contribution in [0.4, 0.5) is 17.3 Å². The highest BCUT2D eigenvalue weighted by Crippen LogP contribution is 2.60. The second kappa shape index (κ2) is 9.01. The van der Waals surface area contributed by atoms with E-state index in [1.807, 2.05) is 17.0 Å². The second-order valence-electron chi connectivity index (χ2n) is 11.9. The molecule has 4 saturated carbocycles. The quantitative estimate of drug-likeness (QED) is 0.439. The average Bonchev–Trinajstić information content (AvgIpc) is 3.35. The molecule has 0 radical (unpaired) electrons. The topological polar surface area (TPSA) is 106 Å². The van der Waals surface area contributed by atoms with Crippen molar-refractivity contribution in [2.45, 2.75) is 45.1 Å². The van der Waals surface area contributed by atoms with Gasteiger partial charge in [-0.25, -0.2) is 9.97 Å². The Morgan fingerprint density at radius 3 is 2.41 bits per heavy atom. The maximum absolute atomic E-state index is 12.2. The first kappa shape index (κ1) is 23.0. The number of nitro groups is 1. The van der Waals surface area contributed by atoms with Crippen molar-refractivity contribution in [1.29, 1.82) is 0 Å². The van der Waals surface area contributed by atoms with Crippen LogP contribution in [-0.4, -0.2) is 59.3 Å². The summed E-state index contributed by atoms with van der Waals surface area (Å²) in [6.07, 6.45) is 9.39. The Morgan fingerprint density at radius 1 is 1.00 bits per heavy atom. The van der Waals surface area contributed by atoms with Crippen LogP contribution in [-0.2, 0) is 6.54 Å². The van der Waals surface area contributed by atoms with E-state index in [1.165, 1.54) is 50.4 Å². The molecule has 0 atom stereocenters. The van der Waals surface area contributed by atoms with Crippen molar-refractivity contribution in [1.82, 2.24) is 14.9 Å². The molecule has 4 aliphatic carbocycles. The monoisotopic (exact) mass is 506 g/mol. The summed E-state index contributed by atoms with van der Waals surface area (Å²) in [4.78, 5) is 25.1. The Balaban J connectivity index is 1.03. The number of nitrogens with one attached hydrogen (secondary N) is 1. The molecule has 1 saturated heterocycles. The zero-order chi connectivity index (χ0) is 25.0. The molecular weight excluding hydrogens is 472 g/mol. The van der Waals surface area contributed by atoms with E-state index >= 15 is 0 Å². The van der Waals surface area contributed by atoms with Crippen LogP contribution in [0.5, 0.6) is 11.5 Å². The van der Waals surface area contributed by atoms with Crippen LogP contribution < -0.4 is 19.7 Å². The fourth-order valence-corrected chi connectivity index (χ4v) is 8.09. The number of hydrogen-bond donors (Lipinski definition) is 1. The van der Waals surface area contributed by atoms with E-state index < -0.39 is 0 Å². The van der Waals surface area contributed by atoms with E-state index in [4.69, 9.17) is 9.47 Å². The SMILES string of the molecule is O=[N+]([O-])c1c(NCC23CC4CC(CC(C4)C2)C3)ncnc1N1CCN(Cc2ccc3c(c2)OCO3)CC1. The molecule has 0 amide bonds. The maximum atomic E-state index is 12.2. The van der Waals surface area contributed by atoms with Crippen molar-refractivity contribution < 1.29 is 14.4 Å². The second-order valence-corrected chi connectivity index (χ2v) is 11.9. The van der Waals surface area contributed by atoms with Crippen LogP contribution in [0.2, 0.25) is 0 Å². The zero-order valence-corrected chi connectivity index (χ0v) is 21.1. The Bertz CT molecular complexity index is 1160. The Morgan fingerprint density at radius 2 is 1.70 bits per heavy atom. The molecule has 2 aliphatic heterocycles. The summed E-state index contributed by atoms with van der Waals surface area (Å²) in [6.45, 7) is 4.80. The van der Waals surface area contributed by atoms with Crippen LogP contribution in [0.1, 0.15) is 44.1 Å². The predicted octanol–water partition coefficient (Wildman–Crippen LogP) is 4.06. The van der Waals surface area contributed by atoms with Crippen LogP contribution in [0.25, 0.3) is 0 Å². The van der Waals surface area contributed by atoms with Gasteiger partial charge in [0.1, 0.15) is 6.33 Å². The minimum Gasteiger partial charge on any atom is -0.454 e. The molecule has 4 bridgehead atoms. The smallest absolute Gasteiger partial charge is 0.353 e. The number of piperazine rings is 1. The molecule has 0 spiro atoms. The fourth-order valence-electron chi connectivity index (χ4n) is 8.09. The van der Waals surface area contributed by atoms with Crippen molar-refractivity contribution in [2.24, 2.45) is 23.2 Å². The molecule has 0 unspecified atom stereocenters. The van der Waals surface area contributed by atoms with Gasteiger partial charge in [-0.2, -0.15) is 0 Å². The summed E-state index contributed by atoms with van der Waals surface area (Å²) in [5.74, 6) is 4.91. The highest BCUT2D eigenvalue weighted by molar-refractivity contribution is 5.70. The molecule has 8 rings (SSSR count). The van der Waals surface area contributed by atoms with Gasteiger partial charge >= 0.3 is 5.69 Å². The Hall–Kier alpha value is -3.14. The highest BCUT2D eigenvalue weighted by Gasteiger charge is 2.50. The number of benzene rings is 1. The first-order valence-corrected chi connectivity index (χ1v) is 13.6. The fraction of sp³-hybridized carbons (Fsp3) is 0.630. The molecule has 10 heteroatoms. The average molecular weight is 507 g/mol. The lowest BCUT2D eigenvalue weighted by Crippen LogP contribution is -2.49. The van der Waals surface area contributed by atoms with Gasteiger partial charge in [-0.15, -0.1) is 0 Å². The minimum absolute atomic E-state index is 0.0106. The van der Waals surface area contributed by atoms with Gasteiger partial charge in [-0.3, -0.25) is 15.0 Å². The zero-order valence-electron chi connectivity index (χ0n) is 21.1. The molecule has 6 aliphatic rings. The van der Waals surface area contributed by atoms with E-state index in [9.17, 15) is 10.1 Å². The van der Waals surface area contributed by atoms with Crippen molar-refractivity contribution in [2.75, 3.05) is 49.7 Å². The van der Waals surface area contributed by atoms with Gasteiger partial charge in [0, 0.05) is 39.3 Å². The van der Waals surface area contributed by atoms with Gasteiger partial charge in [-0.05, 0) is 79.4 Å². The van der Waals surface area contributed by atoms with E-state index in [0.717, 1.165) is 55.4 Å².